The first-order valence-corrected chi connectivity index (χ1v) is 7.53. The Labute approximate surface area is 112 Å². The van der Waals surface area contributed by atoms with Crippen LogP contribution in [0.2, 0.25) is 0 Å². The van der Waals surface area contributed by atoms with E-state index in [0.717, 1.165) is 19.1 Å². The van der Waals surface area contributed by atoms with E-state index in [-0.39, 0.29) is 0 Å². The highest BCUT2D eigenvalue weighted by Crippen LogP contribution is 2.16. The predicted octanol–water partition coefficient (Wildman–Crippen LogP) is 0.640. The molecule has 2 saturated heterocycles. The normalized spacial score (nSPS) is 24.5. The maximum atomic E-state index is 5.14. The minimum absolute atomic E-state index is 0.870. The van der Waals surface area contributed by atoms with Gasteiger partial charge in [0.05, 0.1) is 6.61 Å². The number of ether oxygens (including phenoxy) is 1. The molecule has 0 aromatic heterocycles. The van der Waals surface area contributed by atoms with Crippen LogP contribution < -0.4 is 5.32 Å². The van der Waals surface area contributed by atoms with Crippen molar-refractivity contribution >= 4 is 0 Å². The molecule has 0 bridgehead atoms. The van der Waals surface area contributed by atoms with Crippen LogP contribution in [-0.4, -0.2) is 75.9 Å². The van der Waals surface area contributed by atoms with Gasteiger partial charge in [0.2, 0.25) is 0 Å². The van der Waals surface area contributed by atoms with Crippen LogP contribution in [0.5, 0.6) is 0 Å². The molecule has 2 aliphatic heterocycles. The van der Waals surface area contributed by atoms with Crippen LogP contribution in [0.3, 0.4) is 0 Å². The lowest BCUT2D eigenvalue weighted by molar-refractivity contribution is 0.0931. The molecule has 0 atom stereocenters. The average molecular weight is 255 g/mol. The van der Waals surface area contributed by atoms with Crippen LogP contribution in [-0.2, 0) is 4.74 Å². The standard InChI is InChI=1S/C14H29N3O/c1-18-13-12-17-10-8-16(9-11-17)7-4-14-2-5-15-6-3-14/h14-15H,2-13H2,1H3. The Bertz CT molecular complexity index is 211. The van der Waals surface area contributed by atoms with E-state index in [9.17, 15) is 0 Å². The van der Waals surface area contributed by atoms with E-state index < -0.39 is 0 Å². The molecule has 0 amide bonds. The lowest BCUT2D eigenvalue weighted by Gasteiger charge is -2.35. The molecular weight excluding hydrogens is 226 g/mol. The highest BCUT2D eigenvalue weighted by Gasteiger charge is 2.18. The van der Waals surface area contributed by atoms with Crippen molar-refractivity contribution in [2.24, 2.45) is 5.92 Å². The Kier molecular flexibility index (Phi) is 6.41. The third-order valence-electron chi connectivity index (χ3n) is 4.39. The van der Waals surface area contributed by atoms with Gasteiger partial charge < -0.3 is 15.0 Å². The lowest BCUT2D eigenvalue weighted by atomic mass is 9.94. The second-order valence-electron chi connectivity index (χ2n) is 5.66. The van der Waals surface area contributed by atoms with Gasteiger partial charge in [-0.15, -0.1) is 0 Å². The summed E-state index contributed by atoms with van der Waals surface area (Å²) < 4.78 is 5.14. The minimum atomic E-state index is 0.870. The Morgan fingerprint density at radius 1 is 1.00 bits per heavy atom. The largest absolute Gasteiger partial charge is 0.383 e. The molecule has 0 radical (unpaired) electrons. The van der Waals surface area contributed by atoms with Gasteiger partial charge in [-0.2, -0.15) is 0 Å². The van der Waals surface area contributed by atoms with Crippen LogP contribution in [0.1, 0.15) is 19.3 Å². The second kappa shape index (κ2) is 8.10. The number of methoxy groups -OCH3 is 1. The fourth-order valence-corrected chi connectivity index (χ4v) is 2.99. The van der Waals surface area contributed by atoms with E-state index in [1.165, 1.54) is 65.1 Å². The Morgan fingerprint density at radius 2 is 1.61 bits per heavy atom. The second-order valence-corrected chi connectivity index (χ2v) is 5.66. The zero-order valence-electron chi connectivity index (χ0n) is 11.9. The number of hydrogen-bond donors (Lipinski definition) is 1. The molecular formula is C14H29N3O. The first-order chi connectivity index (χ1) is 8.88. The van der Waals surface area contributed by atoms with Crippen molar-refractivity contribution in [3.05, 3.63) is 0 Å². The summed E-state index contributed by atoms with van der Waals surface area (Å²) in [4.78, 5) is 5.16. The van der Waals surface area contributed by atoms with Crippen molar-refractivity contribution in [1.82, 2.24) is 15.1 Å². The monoisotopic (exact) mass is 255 g/mol. The maximum Gasteiger partial charge on any atom is 0.0589 e. The third kappa shape index (κ3) is 4.84. The number of nitrogens with zero attached hydrogens (tertiary/aromatic N) is 2. The Hall–Kier alpha value is -0.160. The first kappa shape index (κ1) is 14.3. The maximum absolute atomic E-state index is 5.14. The van der Waals surface area contributed by atoms with E-state index in [0.29, 0.717) is 0 Å². The summed E-state index contributed by atoms with van der Waals surface area (Å²) in [7, 11) is 1.79. The Morgan fingerprint density at radius 3 is 2.22 bits per heavy atom. The quantitative estimate of drug-likeness (QED) is 0.754. The topological polar surface area (TPSA) is 27.7 Å². The van der Waals surface area contributed by atoms with Crippen LogP contribution >= 0.6 is 0 Å². The van der Waals surface area contributed by atoms with Crippen molar-refractivity contribution < 1.29 is 4.74 Å². The molecule has 18 heavy (non-hydrogen) atoms. The number of piperazine rings is 1. The summed E-state index contributed by atoms with van der Waals surface area (Å²) in [6, 6.07) is 0. The molecule has 2 aliphatic rings. The number of rotatable bonds is 6. The lowest BCUT2D eigenvalue weighted by Crippen LogP contribution is -2.47. The van der Waals surface area contributed by atoms with Gasteiger partial charge in [-0.25, -0.2) is 0 Å². The van der Waals surface area contributed by atoms with Crippen molar-refractivity contribution in [1.29, 1.82) is 0 Å². The van der Waals surface area contributed by atoms with Crippen molar-refractivity contribution in [3.63, 3.8) is 0 Å². The van der Waals surface area contributed by atoms with Gasteiger partial charge in [0.1, 0.15) is 0 Å². The van der Waals surface area contributed by atoms with Crippen molar-refractivity contribution in [3.8, 4) is 0 Å². The van der Waals surface area contributed by atoms with Crippen LogP contribution in [0.25, 0.3) is 0 Å². The predicted molar refractivity (Wildman–Crippen MR) is 75.0 cm³/mol. The molecule has 0 saturated carbocycles. The van der Waals surface area contributed by atoms with Gasteiger partial charge in [0.25, 0.3) is 0 Å². The van der Waals surface area contributed by atoms with Crippen molar-refractivity contribution in [2.45, 2.75) is 19.3 Å². The molecule has 2 heterocycles. The zero-order chi connectivity index (χ0) is 12.6. The van der Waals surface area contributed by atoms with Gasteiger partial charge in [-0.05, 0) is 44.8 Å². The number of piperidine rings is 1. The molecule has 0 aromatic rings. The minimum Gasteiger partial charge on any atom is -0.383 e. The molecule has 0 aliphatic carbocycles. The van der Waals surface area contributed by atoms with Gasteiger partial charge >= 0.3 is 0 Å². The molecule has 4 nitrogen and oxygen atoms in total. The summed E-state index contributed by atoms with van der Waals surface area (Å²) in [6.45, 7) is 10.7. The summed E-state index contributed by atoms with van der Waals surface area (Å²) in [5, 5.41) is 3.45. The molecule has 1 N–H and O–H groups in total. The smallest absolute Gasteiger partial charge is 0.0589 e. The average Bonchev–Trinajstić information content (AvgIpc) is 2.45. The summed E-state index contributed by atoms with van der Waals surface area (Å²) >= 11 is 0. The fraction of sp³-hybridized carbons (Fsp3) is 1.00. The van der Waals surface area contributed by atoms with E-state index in [1.54, 1.807) is 7.11 Å². The van der Waals surface area contributed by atoms with E-state index in [2.05, 4.69) is 15.1 Å². The van der Waals surface area contributed by atoms with E-state index >= 15 is 0 Å². The molecule has 0 spiro atoms. The Balaban J connectivity index is 1.55. The SMILES string of the molecule is COCCN1CCN(CCC2CCNCC2)CC1. The first-order valence-electron chi connectivity index (χ1n) is 7.53. The van der Waals surface area contributed by atoms with Crippen LogP contribution in [0, 0.1) is 5.92 Å². The summed E-state index contributed by atoms with van der Waals surface area (Å²) in [6.07, 6.45) is 4.17. The van der Waals surface area contributed by atoms with Gasteiger partial charge in [-0.1, -0.05) is 0 Å². The number of hydrogen-bond acceptors (Lipinski definition) is 4. The molecule has 4 heteroatoms. The summed E-state index contributed by atoms with van der Waals surface area (Å²) in [5.41, 5.74) is 0. The van der Waals surface area contributed by atoms with Crippen LogP contribution in [0.15, 0.2) is 0 Å². The highest BCUT2D eigenvalue weighted by atomic mass is 16.5. The highest BCUT2D eigenvalue weighted by molar-refractivity contribution is 4.74. The molecule has 106 valence electrons. The van der Waals surface area contributed by atoms with Gasteiger partial charge in [0.15, 0.2) is 0 Å². The molecule has 2 fully saturated rings. The molecule has 0 aromatic carbocycles. The van der Waals surface area contributed by atoms with Gasteiger partial charge in [0, 0.05) is 39.8 Å². The van der Waals surface area contributed by atoms with E-state index in [1.807, 2.05) is 0 Å². The molecule has 0 unspecified atom stereocenters. The number of nitrogens with one attached hydrogen (secondary N) is 1. The van der Waals surface area contributed by atoms with E-state index in [4.69, 9.17) is 4.74 Å². The van der Waals surface area contributed by atoms with Gasteiger partial charge in [-0.3, -0.25) is 4.90 Å². The fourth-order valence-electron chi connectivity index (χ4n) is 2.99. The molecule has 2 rings (SSSR count). The third-order valence-corrected chi connectivity index (χ3v) is 4.39. The zero-order valence-corrected chi connectivity index (χ0v) is 11.9. The van der Waals surface area contributed by atoms with Crippen molar-refractivity contribution in [2.75, 3.05) is 66.1 Å². The van der Waals surface area contributed by atoms with Crippen LogP contribution in [0.4, 0.5) is 0 Å². The summed E-state index contributed by atoms with van der Waals surface area (Å²) in [5.74, 6) is 0.970.